The van der Waals surface area contributed by atoms with Crippen molar-refractivity contribution in [2.75, 3.05) is 6.54 Å². The monoisotopic (exact) mass is 256 g/mol. The van der Waals surface area contributed by atoms with Gasteiger partial charge in [-0.1, -0.05) is 30.0 Å². The first-order valence-corrected chi connectivity index (χ1v) is 6.87. The summed E-state index contributed by atoms with van der Waals surface area (Å²) in [5, 5.41) is 6.83. The van der Waals surface area contributed by atoms with Gasteiger partial charge in [-0.15, -0.1) is 0 Å². The molecule has 0 aliphatic carbocycles. The lowest BCUT2D eigenvalue weighted by Crippen LogP contribution is -2.40. The SMILES string of the molecule is C1=CN2CC=C(c3coc4ccccc34)NC2S1. The van der Waals surface area contributed by atoms with Crippen LogP contribution >= 0.6 is 11.8 Å². The van der Waals surface area contributed by atoms with E-state index in [2.05, 4.69) is 34.0 Å². The topological polar surface area (TPSA) is 28.4 Å². The second kappa shape index (κ2) is 3.85. The van der Waals surface area contributed by atoms with E-state index in [-0.39, 0.29) is 0 Å². The van der Waals surface area contributed by atoms with Crippen LogP contribution in [0.2, 0.25) is 0 Å². The number of benzene rings is 1. The highest BCUT2D eigenvalue weighted by Crippen LogP contribution is 2.32. The summed E-state index contributed by atoms with van der Waals surface area (Å²) in [6, 6.07) is 8.14. The van der Waals surface area contributed by atoms with Crippen LogP contribution in [0.5, 0.6) is 0 Å². The van der Waals surface area contributed by atoms with E-state index in [1.807, 2.05) is 24.5 Å². The van der Waals surface area contributed by atoms with E-state index in [1.54, 1.807) is 11.8 Å². The molecule has 18 heavy (non-hydrogen) atoms. The third-order valence-corrected chi connectivity index (χ3v) is 4.24. The lowest BCUT2D eigenvalue weighted by atomic mass is 10.1. The zero-order chi connectivity index (χ0) is 11.9. The molecular formula is C14H12N2OS. The van der Waals surface area contributed by atoms with Crippen molar-refractivity contribution in [3.8, 4) is 0 Å². The summed E-state index contributed by atoms with van der Waals surface area (Å²) in [4.78, 5) is 2.27. The lowest BCUT2D eigenvalue weighted by Gasteiger charge is -2.30. The van der Waals surface area contributed by atoms with E-state index in [1.165, 1.54) is 5.39 Å². The molecule has 1 aromatic heterocycles. The summed E-state index contributed by atoms with van der Waals surface area (Å²) < 4.78 is 5.60. The molecule has 0 saturated heterocycles. The highest BCUT2D eigenvalue weighted by atomic mass is 32.2. The van der Waals surface area contributed by atoms with Crippen molar-refractivity contribution < 1.29 is 4.42 Å². The van der Waals surface area contributed by atoms with E-state index >= 15 is 0 Å². The van der Waals surface area contributed by atoms with Crippen LogP contribution in [0.1, 0.15) is 5.56 Å². The average molecular weight is 256 g/mol. The Morgan fingerprint density at radius 2 is 2.28 bits per heavy atom. The van der Waals surface area contributed by atoms with Gasteiger partial charge in [0.05, 0.1) is 0 Å². The third-order valence-electron chi connectivity index (χ3n) is 3.32. The number of thioether (sulfide) groups is 1. The molecule has 2 aromatic rings. The first kappa shape index (κ1) is 10.1. The molecule has 0 saturated carbocycles. The number of nitrogens with zero attached hydrogens (tertiary/aromatic N) is 1. The van der Waals surface area contributed by atoms with Crippen molar-refractivity contribution in [3.05, 3.63) is 53.8 Å². The van der Waals surface area contributed by atoms with Crippen LogP contribution < -0.4 is 5.32 Å². The summed E-state index contributed by atoms with van der Waals surface area (Å²) in [6.45, 7) is 0.940. The van der Waals surface area contributed by atoms with Crippen molar-refractivity contribution in [2.45, 2.75) is 5.50 Å². The molecule has 2 aliphatic heterocycles. The van der Waals surface area contributed by atoms with Gasteiger partial charge < -0.3 is 14.6 Å². The number of hydrogen-bond acceptors (Lipinski definition) is 4. The van der Waals surface area contributed by atoms with Crippen LogP contribution in [0, 0.1) is 0 Å². The number of furan rings is 1. The van der Waals surface area contributed by atoms with Crippen molar-refractivity contribution in [1.82, 2.24) is 10.2 Å². The summed E-state index contributed by atoms with van der Waals surface area (Å²) in [6.07, 6.45) is 6.18. The Labute approximate surface area is 109 Å². The van der Waals surface area contributed by atoms with Gasteiger partial charge in [0.25, 0.3) is 0 Å². The Kier molecular flexibility index (Phi) is 2.17. The predicted octanol–water partition coefficient (Wildman–Crippen LogP) is 3.18. The second-order valence-corrected chi connectivity index (χ2v) is 5.37. The van der Waals surface area contributed by atoms with Crippen LogP contribution in [0.4, 0.5) is 0 Å². The zero-order valence-electron chi connectivity index (χ0n) is 9.67. The summed E-state index contributed by atoms with van der Waals surface area (Å²) in [5.41, 5.74) is 3.57. The zero-order valence-corrected chi connectivity index (χ0v) is 10.5. The van der Waals surface area contributed by atoms with Gasteiger partial charge in [-0.2, -0.15) is 0 Å². The van der Waals surface area contributed by atoms with Crippen LogP contribution in [-0.2, 0) is 0 Å². The van der Waals surface area contributed by atoms with Crippen molar-refractivity contribution in [2.24, 2.45) is 0 Å². The molecule has 4 heteroatoms. The van der Waals surface area contributed by atoms with E-state index in [0.717, 1.165) is 23.4 Å². The number of para-hydroxylation sites is 1. The first-order chi connectivity index (χ1) is 8.92. The quantitative estimate of drug-likeness (QED) is 0.848. The fraction of sp³-hybridized carbons (Fsp3) is 0.143. The van der Waals surface area contributed by atoms with Crippen molar-refractivity contribution in [1.29, 1.82) is 0 Å². The molecule has 0 bridgehead atoms. The molecule has 0 amide bonds. The Balaban J connectivity index is 1.75. The molecule has 3 heterocycles. The van der Waals surface area contributed by atoms with Gasteiger partial charge in [-0.3, -0.25) is 0 Å². The van der Waals surface area contributed by atoms with Gasteiger partial charge in [-0.25, -0.2) is 0 Å². The number of fused-ring (bicyclic) bond motifs is 2. The Hall–Kier alpha value is -1.81. The third kappa shape index (κ3) is 1.46. The summed E-state index contributed by atoms with van der Waals surface area (Å²) >= 11 is 1.80. The molecule has 0 fully saturated rings. The normalized spacial score (nSPS) is 21.9. The minimum atomic E-state index is 0.318. The predicted molar refractivity (Wildman–Crippen MR) is 74.6 cm³/mol. The number of rotatable bonds is 1. The molecule has 90 valence electrons. The van der Waals surface area contributed by atoms with E-state index < -0.39 is 0 Å². The van der Waals surface area contributed by atoms with Crippen LogP contribution in [0.15, 0.2) is 52.6 Å². The second-order valence-electron chi connectivity index (χ2n) is 4.38. The van der Waals surface area contributed by atoms with E-state index in [9.17, 15) is 0 Å². The fourth-order valence-corrected chi connectivity index (χ4v) is 3.26. The smallest absolute Gasteiger partial charge is 0.152 e. The number of nitrogens with one attached hydrogen (secondary N) is 1. The minimum Gasteiger partial charge on any atom is -0.464 e. The molecular weight excluding hydrogens is 244 g/mol. The maximum absolute atomic E-state index is 5.60. The van der Waals surface area contributed by atoms with Gasteiger partial charge in [0.15, 0.2) is 5.50 Å². The lowest BCUT2D eigenvalue weighted by molar-refractivity contribution is 0.364. The van der Waals surface area contributed by atoms with E-state index in [4.69, 9.17) is 4.42 Å². The van der Waals surface area contributed by atoms with E-state index in [0.29, 0.717) is 5.50 Å². The minimum absolute atomic E-state index is 0.318. The van der Waals surface area contributed by atoms with Gasteiger partial charge in [0.1, 0.15) is 11.8 Å². The Bertz CT molecular complexity index is 659. The summed E-state index contributed by atoms with van der Waals surface area (Å²) in [7, 11) is 0. The molecule has 4 rings (SSSR count). The van der Waals surface area contributed by atoms with Gasteiger partial charge in [0, 0.05) is 29.4 Å². The molecule has 1 N–H and O–H groups in total. The Morgan fingerprint density at radius 1 is 1.33 bits per heavy atom. The first-order valence-electron chi connectivity index (χ1n) is 5.93. The highest BCUT2D eigenvalue weighted by molar-refractivity contribution is 8.02. The largest absolute Gasteiger partial charge is 0.464 e. The van der Waals surface area contributed by atoms with Gasteiger partial charge >= 0.3 is 0 Å². The molecule has 1 unspecified atom stereocenters. The summed E-state index contributed by atoms with van der Waals surface area (Å²) in [5.74, 6) is 0. The standard InChI is InChI=1S/C14H12N2OS/c1-2-4-13-10(3-1)11(9-17-13)12-5-6-16-7-8-18-14(16)15-12/h1-5,7-9,14-15H,6H2. The maximum atomic E-state index is 5.60. The van der Waals surface area contributed by atoms with Gasteiger partial charge in [-0.05, 0) is 17.6 Å². The van der Waals surface area contributed by atoms with Crippen LogP contribution in [0.25, 0.3) is 16.7 Å². The molecule has 0 spiro atoms. The highest BCUT2D eigenvalue weighted by Gasteiger charge is 2.25. The number of hydrogen-bond donors (Lipinski definition) is 1. The fourth-order valence-electron chi connectivity index (χ4n) is 2.38. The van der Waals surface area contributed by atoms with Gasteiger partial charge in [0.2, 0.25) is 0 Å². The van der Waals surface area contributed by atoms with Crippen LogP contribution in [-0.4, -0.2) is 16.9 Å². The molecule has 1 aromatic carbocycles. The molecule has 0 radical (unpaired) electrons. The average Bonchev–Trinajstić information content (AvgIpc) is 3.04. The Morgan fingerprint density at radius 3 is 3.28 bits per heavy atom. The maximum Gasteiger partial charge on any atom is 0.152 e. The van der Waals surface area contributed by atoms with Crippen molar-refractivity contribution in [3.63, 3.8) is 0 Å². The molecule has 2 aliphatic rings. The molecule has 3 nitrogen and oxygen atoms in total. The van der Waals surface area contributed by atoms with Crippen LogP contribution in [0.3, 0.4) is 0 Å². The van der Waals surface area contributed by atoms with Crippen molar-refractivity contribution >= 4 is 28.4 Å². The molecule has 1 atom stereocenters.